The fourth-order valence-corrected chi connectivity index (χ4v) is 1.50. The zero-order valence-electron chi connectivity index (χ0n) is 7.36. The van der Waals surface area contributed by atoms with Crippen molar-refractivity contribution in [1.29, 1.82) is 10.5 Å². The van der Waals surface area contributed by atoms with Crippen molar-refractivity contribution < 1.29 is 0 Å². The van der Waals surface area contributed by atoms with E-state index in [1.54, 1.807) is 12.2 Å². The van der Waals surface area contributed by atoms with Gasteiger partial charge in [-0.15, -0.1) is 0 Å². The van der Waals surface area contributed by atoms with Crippen molar-refractivity contribution >= 4 is 0 Å². The first-order valence-electron chi connectivity index (χ1n) is 4.19. The quantitative estimate of drug-likeness (QED) is 0.571. The molecule has 14 heavy (non-hydrogen) atoms. The Morgan fingerprint density at radius 1 is 0.786 bits per heavy atom. The van der Waals surface area contributed by atoms with Gasteiger partial charge in [-0.05, 0) is 12.2 Å². The minimum absolute atomic E-state index is 0.618. The number of hydrogen-bond donors (Lipinski definition) is 0. The van der Waals surface area contributed by atoms with Crippen molar-refractivity contribution in [3.63, 3.8) is 0 Å². The summed E-state index contributed by atoms with van der Waals surface area (Å²) in [5.74, 6) is 0. The van der Waals surface area contributed by atoms with Gasteiger partial charge in [-0.2, -0.15) is 10.5 Å². The van der Waals surface area contributed by atoms with E-state index < -0.39 is 0 Å². The molecule has 0 aromatic rings. The lowest BCUT2D eigenvalue weighted by molar-refractivity contribution is 1.43. The van der Waals surface area contributed by atoms with Gasteiger partial charge in [-0.25, -0.2) is 0 Å². The SMILES string of the molecule is N#CC1=CC=C/C1=C1\C=CC=C1C#N. The average molecular weight is 178 g/mol. The molecule has 64 valence electrons. The maximum Gasteiger partial charge on any atom is 0.0998 e. The van der Waals surface area contributed by atoms with Gasteiger partial charge in [-0.1, -0.05) is 24.3 Å². The van der Waals surface area contributed by atoms with Crippen molar-refractivity contribution in [3.8, 4) is 12.1 Å². The summed E-state index contributed by atoms with van der Waals surface area (Å²) in [6.07, 6.45) is 10.9. The summed E-state index contributed by atoms with van der Waals surface area (Å²) in [4.78, 5) is 0. The molecular formula is C12H6N2. The van der Waals surface area contributed by atoms with Gasteiger partial charge < -0.3 is 0 Å². The van der Waals surface area contributed by atoms with Crippen LogP contribution in [0, 0.1) is 22.7 Å². The molecule has 0 saturated heterocycles. The van der Waals surface area contributed by atoms with Crippen LogP contribution in [0.3, 0.4) is 0 Å². The third-order valence-corrected chi connectivity index (χ3v) is 2.16. The lowest BCUT2D eigenvalue weighted by atomic mass is 10.0. The molecule has 0 saturated carbocycles. The molecular weight excluding hydrogens is 172 g/mol. The van der Waals surface area contributed by atoms with Crippen LogP contribution in [0.25, 0.3) is 0 Å². The van der Waals surface area contributed by atoms with Crippen LogP contribution in [-0.2, 0) is 0 Å². The van der Waals surface area contributed by atoms with E-state index in [0.29, 0.717) is 11.1 Å². The molecule has 2 aliphatic carbocycles. The van der Waals surface area contributed by atoms with Crippen molar-refractivity contribution in [2.75, 3.05) is 0 Å². The van der Waals surface area contributed by atoms with E-state index in [4.69, 9.17) is 10.5 Å². The number of nitriles is 2. The Hall–Kier alpha value is -2.32. The highest BCUT2D eigenvalue weighted by Crippen LogP contribution is 2.29. The van der Waals surface area contributed by atoms with Crippen LogP contribution in [-0.4, -0.2) is 0 Å². The van der Waals surface area contributed by atoms with Gasteiger partial charge in [0.2, 0.25) is 0 Å². The summed E-state index contributed by atoms with van der Waals surface area (Å²) in [5, 5.41) is 17.7. The first-order valence-corrected chi connectivity index (χ1v) is 4.19. The maximum atomic E-state index is 8.84. The van der Waals surface area contributed by atoms with Crippen LogP contribution in [0.15, 0.2) is 58.7 Å². The second kappa shape index (κ2) is 3.20. The van der Waals surface area contributed by atoms with Crippen LogP contribution < -0.4 is 0 Å². The second-order valence-electron chi connectivity index (χ2n) is 2.93. The van der Waals surface area contributed by atoms with Crippen LogP contribution in [0.1, 0.15) is 0 Å². The Bertz CT molecular complexity index is 464. The summed E-state index contributed by atoms with van der Waals surface area (Å²) in [7, 11) is 0. The zero-order chi connectivity index (χ0) is 9.97. The predicted molar refractivity (Wildman–Crippen MR) is 52.7 cm³/mol. The van der Waals surface area contributed by atoms with Crippen molar-refractivity contribution in [1.82, 2.24) is 0 Å². The second-order valence-corrected chi connectivity index (χ2v) is 2.93. The van der Waals surface area contributed by atoms with Gasteiger partial charge in [0.1, 0.15) is 0 Å². The van der Waals surface area contributed by atoms with Crippen LogP contribution in [0.2, 0.25) is 0 Å². The topological polar surface area (TPSA) is 47.6 Å². The number of nitrogens with zero attached hydrogens (tertiary/aromatic N) is 2. The Morgan fingerprint density at radius 3 is 1.57 bits per heavy atom. The molecule has 2 aliphatic rings. The van der Waals surface area contributed by atoms with Crippen molar-refractivity contribution in [3.05, 3.63) is 58.7 Å². The summed E-state index contributed by atoms with van der Waals surface area (Å²) in [5.41, 5.74) is 2.92. The molecule has 0 bridgehead atoms. The molecule has 0 N–H and O–H groups in total. The molecule has 0 atom stereocenters. The third-order valence-electron chi connectivity index (χ3n) is 2.16. The maximum absolute atomic E-state index is 8.84. The minimum atomic E-state index is 0.618. The van der Waals surface area contributed by atoms with Crippen LogP contribution in [0.5, 0.6) is 0 Å². The van der Waals surface area contributed by atoms with Gasteiger partial charge in [0.25, 0.3) is 0 Å². The number of rotatable bonds is 0. The van der Waals surface area contributed by atoms with Crippen LogP contribution >= 0.6 is 0 Å². The monoisotopic (exact) mass is 178 g/mol. The Labute approximate surface area is 82.1 Å². The molecule has 2 nitrogen and oxygen atoms in total. The van der Waals surface area contributed by atoms with Crippen molar-refractivity contribution in [2.24, 2.45) is 0 Å². The minimum Gasteiger partial charge on any atom is -0.192 e. The van der Waals surface area contributed by atoms with Crippen LogP contribution in [0.4, 0.5) is 0 Å². The van der Waals surface area contributed by atoms with Gasteiger partial charge in [0, 0.05) is 11.1 Å². The molecule has 0 spiro atoms. The molecule has 0 aromatic carbocycles. The highest BCUT2D eigenvalue weighted by atomic mass is 14.3. The summed E-state index contributed by atoms with van der Waals surface area (Å²) >= 11 is 0. The highest BCUT2D eigenvalue weighted by Gasteiger charge is 2.15. The summed E-state index contributed by atoms with van der Waals surface area (Å²) in [6.45, 7) is 0. The van der Waals surface area contributed by atoms with E-state index in [1.807, 2.05) is 24.3 Å². The van der Waals surface area contributed by atoms with E-state index in [-0.39, 0.29) is 0 Å². The molecule has 0 fully saturated rings. The molecule has 2 heteroatoms. The van der Waals surface area contributed by atoms with E-state index in [0.717, 1.165) is 11.1 Å². The van der Waals surface area contributed by atoms with E-state index >= 15 is 0 Å². The average Bonchev–Trinajstić information content (AvgIpc) is 2.85. The smallest absolute Gasteiger partial charge is 0.0998 e. The number of allylic oxidation sites excluding steroid dienone is 10. The fraction of sp³-hybridized carbons (Fsp3) is 0. The highest BCUT2D eigenvalue weighted by molar-refractivity contribution is 5.68. The van der Waals surface area contributed by atoms with Gasteiger partial charge in [0.05, 0.1) is 23.3 Å². The Kier molecular flexibility index (Phi) is 1.89. The molecule has 0 aromatic heterocycles. The molecule has 0 amide bonds. The van der Waals surface area contributed by atoms with Gasteiger partial charge in [0.15, 0.2) is 0 Å². The van der Waals surface area contributed by atoms with Gasteiger partial charge >= 0.3 is 0 Å². The summed E-state index contributed by atoms with van der Waals surface area (Å²) in [6, 6.07) is 4.21. The van der Waals surface area contributed by atoms with E-state index in [9.17, 15) is 0 Å². The molecule has 0 radical (unpaired) electrons. The lowest BCUT2D eigenvalue weighted by Crippen LogP contribution is -1.88. The Morgan fingerprint density at radius 2 is 1.21 bits per heavy atom. The lowest BCUT2D eigenvalue weighted by Gasteiger charge is -2.00. The first kappa shape index (κ1) is 8.29. The predicted octanol–water partition coefficient (Wildman–Crippen LogP) is 2.32. The van der Waals surface area contributed by atoms with Gasteiger partial charge in [-0.3, -0.25) is 0 Å². The summed E-state index contributed by atoms with van der Waals surface area (Å²) < 4.78 is 0. The van der Waals surface area contributed by atoms with E-state index in [2.05, 4.69) is 12.1 Å². The molecule has 0 aliphatic heterocycles. The largest absolute Gasteiger partial charge is 0.192 e. The molecule has 0 heterocycles. The zero-order valence-corrected chi connectivity index (χ0v) is 7.36. The van der Waals surface area contributed by atoms with E-state index in [1.165, 1.54) is 0 Å². The first-order chi connectivity index (χ1) is 6.86. The normalized spacial score (nSPS) is 23.0. The molecule has 2 rings (SSSR count). The van der Waals surface area contributed by atoms with Crippen molar-refractivity contribution in [2.45, 2.75) is 0 Å². The number of hydrogen-bond acceptors (Lipinski definition) is 2. The fourth-order valence-electron chi connectivity index (χ4n) is 1.50. The molecule has 0 unspecified atom stereocenters. The third kappa shape index (κ3) is 1.11. The standard InChI is InChI=1S/C12H6N2/c13-7-9-3-1-5-11(9)12-6-2-4-10(12)8-14/h1-6H/b12-11-. The Balaban J connectivity index is 2.55.